The van der Waals surface area contributed by atoms with E-state index in [0.29, 0.717) is 6.54 Å². The van der Waals surface area contributed by atoms with Gasteiger partial charge in [-0.1, -0.05) is 29.8 Å². The molecule has 1 aromatic carbocycles. The number of aliphatic imine (C=N–C) groups is 1. The molecule has 1 saturated carbocycles. The molecule has 1 fully saturated rings. The number of likely N-dealkylation sites (N-methyl/N-ethyl adjacent to an activating group) is 1. The molecule has 1 N–H and O–H groups in total. The quantitative estimate of drug-likeness (QED) is 0.478. The molecule has 1 aliphatic rings. The summed E-state index contributed by atoms with van der Waals surface area (Å²) in [5, 5.41) is 4.10. The van der Waals surface area contributed by atoms with Crippen LogP contribution >= 0.6 is 11.6 Å². The van der Waals surface area contributed by atoms with Crippen molar-refractivity contribution < 1.29 is 4.74 Å². The van der Waals surface area contributed by atoms with Crippen LogP contribution in [0.25, 0.3) is 0 Å². The van der Waals surface area contributed by atoms with Gasteiger partial charge in [-0.25, -0.2) is 0 Å². The van der Waals surface area contributed by atoms with Crippen molar-refractivity contribution >= 4 is 17.6 Å². The first-order valence-corrected chi connectivity index (χ1v) is 7.81. The lowest BCUT2D eigenvalue weighted by molar-refractivity contribution is 0.115. The second-order valence-electron chi connectivity index (χ2n) is 5.43. The van der Waals surface area contributed by atoms with Gasteiger partial charge in [-0.15, -0.1) is 0 Å². The molecule has 21 heavy (non-hydrogen) atoms. The maximum absolute atomic E-state index is 6.15. The average Bonchev–Trinajstić information content (AvgIpc) is 3.30. The van der Waals surface area contributed by atoms with Gasteiger partial charge in [-0.05, 0) is 30.4 Å². The molecule has 0 saturated heterocycles. The third-order valence-corrected chi connectivity index (χ3v) is 3.96. The van der Waals surface area contributed by atoms with Gasteiger partial charge in [0.25, 0.3) is 0 Å². The Kier molecular flexibility index (Phi) is 6.33. The van der Waals surface area contributed by atoms with Crippen LogP contribution in [0.5, 0.6) is 0 Å². The zero-order valence-electron chi connectivity index (χ0n) is 12.8. The van der Waals surface area contributed by atoms with Crippen LogP contribution in [0, 0.1) is 5.92 Å². The van der Waals surface area contributed by atoms with Crippen molar-refractivity contribution in [2.24, 2.45) is 10.9 Å². The number of nitrogens with zero attached hydrogens (tertiary/aromatic N) is 2. The number of halogens is 1. The Labute approximate surface area is 132 Å². The normalized spacial score (nSPS) is 15.1. The third kappa shape index (κ3) is 5.56. The van der Waals surface area contributed by atoms with E-state index >= 15 is 0 Å². The Bertz CT molecular complexity index is 474. The summed E-state index contributed by atoms with van der Waals surface area (Å²) in [6.07, 6.45) is 2.66. The van der Waals surface area contributed by atoms with E-state index in [1.165, 1.54) is 12.8 Å². The van der Waals surface area contributed by atoms with Crippen LogP contribution in [-0.4, -0.2) is 44.7 Å². The molecular weight excluding hydrogens is 286 g/mol. The van der Waals surface area contributed by atoms with Gasteiger partial charge in [0.1, 0.15) is 0 Å². The van der Waals surface area contributed by atoms with Gasteiger partial charge in [0.2, 0.25) is 0 Å². The predicted octanol–water partition coefficient (Wildman–Crippen LogP) is 2.77. The van der Waals surface area contributed by atoms with E-state index in [0.717, 1.165) is 42.2 Å². The highest BCUT2D eigenvalue weighted by molar-refractivity contribution is 6.31. The van der Waals surface area contributed by atoms with Crippen molar-refractivity contribution in [1.29, 1.82) is 0 Å². The molecule has 0 bridgehead atoms. The summed E-state index contributed by atoms with van der Waals surface area (Å²) >= 11 is 6.15. The summed E-state index contributed by atoms with van der Waals surface area (Å²) in [6, 6.07) is 7.84. The second-order valence-corrected chi connectivity index (χ2v) is 5.84. The van der Waals surface area contributed by atoms with E-state index in [9.17, 15) is 0 Å². The molecule has 0 unspecified atom stereocenters. The Morgan fingerprint density at radius 3 is 2.86 bits per heavy atom. The van der Waals surface area contributed by atoms with E-state index in [4.69, 9.17) is 16.3 Å². The molecule has 116 valence electrons. The molecule has 1 aromatic rings. The topological polar surface area (TPSA) is 36.9 Å². The van der Waals surface area contributed by atoms with Crippen LogP contribution in [0.3, 0.4) is 0 Å². The number of rotatable bonds is 7. The Hall–Kier alpha value is -1.26. The van der Waals surface area contributed by atoms with Crippen molar-refractivity contribution in [1.82, 2.24) is 10.2 Å². The minimum atomic E-state index is 0.666. The first kappa shape index (κ1) is 16.1. The van der Waals surface area contributed by atoms with Crippen LogP contribution in [0.4, 0.5) is 0 Å². The van der Waals surface area contributed by atoms with Gasteiger partial charge >= 0.3 is 0 Å². The summed E-state index contributed by atoms with van der Waals surface area (Å²) < 4.78 is 5.66. The van der Waals surface area contributed by atoms with Crippen molar-refractivity contribution in [2.75, 3.05) is 33.9 Å². The third-order valence-electron chi connectivity index (χ3n) is 3.59. The summed E-state index contributed by atoms with van der Waals surface area (Å²) in [4.78, 5) is 6.36. The van der Waals surface area contributed by atoms with Gasteiger partial charge < -0.3 is 15.0 Å². The lowest BCUT2D eigenvalue weighted by Crippen LogP contribution is -2.40. The van der Waals surface area contributed by atoms with Gasteiger partial charge in [0, 0.05) is 38.8 Å². The molecule has 2 rings (SSSR count). The second kappa shape index (κ2) is 8.25. The highest BCUT2D eigenvalue weighted by Gasteiger charge is 2.21. The number of hydrogen-bond donors (Lipinski definition) is 1. The van der Waals surface area contributed by atoms with Crippen molar-refractivity contribution in [3.63, 3.8) is 0 Å². The molecule has 0 aliphatic heterocycles. The van der Waals surface area contributed by atoms with Crippen LogP contribution in [-0.2, 0) is 11.3 Å². The lowest BCUT2D eigenvalue weighted by Gasteiger charge is -2.22. The van der Waals surface area contributed by atoms with E-state index in [1.807, 2.05) is 31.3 Å². The molecule has 0 atom stereocenters. The standard InChI is InChI=1S/C16H24ClN3O/c1-18-16(19-11-14-5-3-4-6-15(14)17)20(2)9-10-21-12-13-7-8-13/h3-6,13H,7-12H2,1-2H3,(H,18,19). The zero-order chi connectivity index (χ0) is 15.1. The minimum absolute atomic E-state index is 0.666. The van der Waals surface area contributed by atoms with Crippen molar-refractivity contribution in [3.05, 3.63) is 34.9 Å². The van der Waals surface area contributed by atoms with E-state index in [2.05, 4.69) is 15.2 Å². The van der Waals surface area contributed by atoms with E-state index in [1.54, 1.807) is 7.05 Å². The smallest absolute Gasteiger partial charge is 0.193 e. The van der Waals surface area contributed by atoms with Crippen molar-refractivity contribution in [2.45, 2.75) is 19.4 Å². The first-order chi connectivity index (χ1) is 10.2. The molecule has 0 heterocycles. The van der Waals surface area contributed by atoms with Crippen LogP contribution in [0.15, 0.2) is 29.3 Å². The molecular formula is C16H24ClN3O. The fourth-order valence-corrected chi connectivity index (χ4v) is 2.25. The molecule has 0 radical (unpaired) electrons. The number of hydrogen-bond acceptors (Lipinski definition) is 2. The van der Waals surface area contributed by atoms with Crippen LogP contribution < -0.4 is 5.32 Å². The largest absolute Gasteiger partial charge is 0.379 e. The summed E-state index contributed by atoms with van der Waals surface area (Å²) in [5.74, 6) is 1.66. The van der Waals surface area contributed by atoms with E-state index in [-0.39, 0.29) is 0 Å². The fourth-order valence-electron chi connectivity index (χ4n) is 2.04. The number of benzene rings is 1. The maximum Gasteiger partial charge on any atom is 0.193 e. The van der Waals surface area contributed by atoms with Crippen molar-refractivity contribution in [3.8, 4) is 0 Å². The van der Waals surface area contributed by atoms with Crippen LogP contribution in [0.1, 0.15) is 18.4 Å². The summed E-state index contributed by atoms with van der Waals surface area (Å²) in [6.45, 7) is 3.13. The highest BCUT2D eigenvalue weighted by atomic mass is 35.5. The average molecular weight is 310 g/mol. The van der Waals surface area contributed by atoms with Crippen LogP contribution in [0.2, 0.25) is 5.02 Å². The summed E-state index contributed by atoms with van der Waals surface area (Å²) in [7, 11) is 3.80. The molecule has 0 aromatic heterocycles. The Morgan fingerprint density at radius 1 is 1.43 bits per heavy atom. The first-order valence-electron chi connectivity index (χ1n) is 7.43. The lowest BCUT2D eigenvalue weighted by atomic mass is 10.2. The summed E-state index contributed by atoms with van der Waals surface area (Å²) in [5.41, 5.74) is 1.07. The Morgan fingerprint density at radius 2 is 2.19 bits per heavy atom. The van der Waals surface area contributed by atoms with E-state index < -0.39 is 0 Å². The molecule has 5 heteroatoms. The molecule has 0 spiro atoms. The predicted molar refractivity (Wildman–Crippen MR) is 87.8 cm³/mol. The number of ether oxygens (including phenoxy) is 1. The molecule has 0 amide bonds. The highest BCUT2D eigenvalue weighted by Crippen LogP contribution is 2.28. The SMILES string of the molecule is CN=C(NCc1ccccc1Cl)N(C)CCOCC1CC1. The monoisotopic (exact) mass is 309 g/mol. The zero-order valence-corrected chi connectivity index (χ0v) is 13.6. The molecule has 4 nitrogen and oxygen atoms in total. The number of nitrogens with one attached hydrogen (secondary N) is 1. The maximum atomic E-state index is 6.15. The fraction of sp³-hybridized carbons (Fsp3) is 0.562. The van der Waals surface area contributed by atoms with Gasteiger partial charge in [0.05, 0.1) is 6.61 Å². The number of guanidine groups is 1. The minimum Gasteiger partial charge on any atom is -0.379 e. The molecule has 1 aliphatic carbocycles. The van der Waals surface area contributed by atoms with Gasteiger partial charge in [0.15, 0.2) is 5.96 Å². The van der Waals surface area contributed by atoms with Gasteiger partial charge in [-0.2, -0.15) is 0 Å². The Balaban J connectivity index is 1.72. The van der Waals surface area contributed by atoms with Gasteiger partial charge in [-0.3, -0.25) is 4.99 Å².